The minimum absolute atomic E-state index is 0.0456. The molecule has 0 aromatic rings. The Kier molecular flexibility index (Phi) is 1.86. The fourth-order valence-corrected chi connectivity index (χ4v) is 2.27. The summed E-state index contributed by atoms with van der Waals surface area (Å²) < 4.78 is 0.710. The maximum Gasteiger partial charge on any atom is 0.300 e. The highest BCUT2D eigenvalue weighted by Crippen LogP contribution is 2.40. The molecule has 3 aliphatic rings. The van der Waals surface area contributed by atoms with Crippen LogP contribution in [0.25, 0.3) is 0 Å². The van der Waals surface area contributed by atoms with Crippen molar-refractivity contribution < 1.29 is 4.00 Å². The van der Waals surface area contributed by atoms with Crippen molar-refractivity contribution in [2.45, 2.75) is 0 Å². The highest BCUT2D eigenvalue weighted by atomic mass is 79.9. The molecule has 0 fully saturated rings. The van der Waals surface area contributed by atoms with Gasteiger partial charge < -0.3 is 0 Å². The molecule has 15 heavy (non-hydrogen) atoms. The molecular weight excluding hydrogens is 277 g/mol. The second kappa shape index (κ2) is 3.01. The maximum absolute atomic E-state index is 6.42. The van der Waals surface area contributed by atoms with Gasteiger partial charge in [0.25, 0.3) is 4.74 Å². The first kappa shape index (κ1) is 9.27. The van der Waals surface area contributed by atoms with Crippen molar-refractivity contribution in [1.82, 2.24) is 0 Å². The van der Waals surface area contributed by atoms with Crippen LogP contribution in [0.4, 0.5) is 0 Å². The van der Waals surface area contributed by atoms with Crippen molar-refractivity contribution in [1.29, 1.82) is 0 Å². The Balaban J connectivity index is 2.18. The molecule has 0 aromatic heterocycles. The van der Waals surface area contributed by atoms with Crippen molar-refractivity contribution in [2.24, 2.45) is 9.98 Å². The number of amidine groups is 1. The monoisotopic (exact) mass is 282 g/mol. The van der Waals surface area contributed by atoms with Gasteiger partial charge >= 0.3 is 0 Å². The average molecular weight is 284 g/mol. The predicted molar refractivity (Wildman–Crippen MR) is 64.4 cm³/mol. The standard InChI is InChI=1S/C10H6BrClN3/c11-10-14-9(7-2-1-3-7)8-6-13-4-5-15(8,10)12/h1-6H/q+1. The van der Waals surface area contributed by atoms with Crippen LogP contribution >= 0.6 is 27.7 Å². The summed E-state index contributed by atoms with van der Waals surface area (Å²) in [7, 11) is 0. The second-order valence-corrected chi connectivity index (χ2v) is 4.55. The fourth-order valence-electron chi connectivity index (χ4n) is 1.57. The van der Waals surface area contributed by atoms with Gasteiger partial charge in [0.2, 0.25) is 5.70 Å². The van der Waals surface area contributed by atoms with Crippen molar-refractivity contribution in [3.05, 3.63) is 47.6 Å². The highest BCUT2D eigenvalue weighted by molar-refractivity contribution is 9.18. The summed E-state index contributed by atoms with van der Waals surface area (Å²) in [4.78, 5) is 8.50. The first-order valence-electron chi connectivity index (χ1n) is 4.39. The SMILES string of the molecule is Cl[N+]12C=CN=CC1=C(C1=CC=C1)N=C2Br. The van der Waals surface area contributed by atoms with E-state index in [1.807, 2.05) is 18.2 Å². The number of allylic oxidation sites excluding steroid dienone is 4. The molecule has 3 nitrogen and oxygen atoms in total. The minimum Gasteiger partial charge on any atom is -0.253 e. The van der Waals surface area contributed by atoms with Gasteiger partial charge in [-0.2, -0.15) is 4.99 Å². The van der Waals surface area contributed by atoms with Gasteiger partial charge in [0, 0.05) is 21.5 Å². The van der Waals surface area contributed by atoms with Crippen LogP contribution < -0.4 is 0 Å². The van der Waals surface area contributed by atoms with E-state index >= 15 is 0 Å². The van der Waals surface area contributed by atoms with E-state index in [4.69, 9.17) is 11.8 Å². The maximum atomic E-state index is 6.42. The zero-order valence-corrected chi connectivity index (χ0v) is 9.90. The Morgan fingerprint density at radius 3 is 2.87 bits per heavy atom. The Hall–Kier alpha value is -0.970. The smallest absolute Gasteiger partial charge is 0.253 e. The molecule has 2 heterocycles. The summed E-state index contributed by atoms with van der Waals surface area (Å²) in [6.45, 7) is 0. The van der Waals surface area contributed by atoms with Gasteiger partial charge in [-0.1, -0.05) is 18.2 Å². The van der Waals surface area contributed by atoms with Gasteiger partial charge in [-0.05, 0) is 0 Å². The summed E-state index contributed by atoms with van der Waals surface area (Å²) in [5, 5.41) is 0. The third kappa shape index (κ3) is 1.16. The van der Waals surface area contributed by atoms with E-state index in [9.17, 15) is 0 Å². The summed E-state index contributed by atoms with van der Waals surface area (Å²) in [6.07, 6.45) is 11.2. The lowest BCUT2D eigenvalue weighted by Gasteiger charge is -2.19. The quantitative estimate of drug-likeness (QED) is 0.522. The Bertz CT molecular complexity index is 525. The van der Waals surface area contributed by atoms with Crippen molar-refractivity contribution in [3.63, 3.8) is 0 Å². The Labute approximate surface area is 100 Å². The van der Waals surface area contributed by atoms with Crippen LogP contribution in [0.15, 0.2) is 57.6 Å². The molecule has 0 spiro atoms. The zero-order chi connectivity index (χ0) is 10.5. The first-order valence-corrected chi connectivity index (χ1v) is 5.52. The largest absolute Gasteiger partial charge is 0.300 e. The zero-order valence-electron chi connectivity index (χ0n) is 7.56. The molecule has 0 bridgehead atoms. The number of nitrogens with zero attached hydrogens (tertiary/aromatic N) is 3. The lowest BCUT2D eigenvalue weighted by molar-refractivity contribution is -0.595. The average Bonchev–Trinajstić information content (AvgIpc) is 2.38. The summed E-state index contributed by atoms with van der Waals surface area (Å²) in [5.74, 6) is 0. The van der Waals surface area contributed by atoms with Gasteiger partial charge in [-0.15, -0.1) is 4.00 Å². The normalized spacial score (nSPS) is 31.3. The van der Waals surface area contributed by atoms with Gasteiger partial charge in [-0.25, -0.2) is 0 Å². The minimum atomic E-state index is 0.0456. The summed E-state index contributed by atoms with van der Waals surface area (Å²) in [6, 6.07) is 0. The topological polar surface area (TPSA) is 24.7 Å². The van der Waals surface area contributed by atoms with Gasteiger partial charge in [0.1, 0.15) is 11.9 Å². The van der Waals surface area contributed by atoms with Crippen LogP contribution in [0.1, 0.15) is 0 Å². The van der Waals surface area contributed by atoms with Crippen LogP contribution in [0, 0.1) is 0 Å². The van der Waals surface area contributed by atoms with Gasteiger partial charge in [0.05, 0.1) is 12.4 Å². The lowest BCUT2D eigenvalue weighted by Crippen LogP contribution is -2.33. The van der Waals surface area contributed by atoms with Crippen LogP contribution in [0.2, 0.25) is 0 Å². The van der Waals surface area contributed by atoms with Gasteiger partial charge in [-0.3, -0.25) is 4.99 Å². The molecule has 2 aliphatic heterocycles. The van der Waals surface area contributed by atoms with Crippen LogP contribution in [0.3, 0.4) is 0 Å². The van der Waals surface area contributed by atoms with Crippen LogP contribution in [-0.2, 0) is 0 Å². The molecule has 0 radical (unpaired) electrons. The fraction of sp³-hybridized carbons (Fsp3) is 0. The van der Waals surface area contributed by atoms with Crippen LogP contribution in [0.5, 0.6) is 0 Å². The van der Waals surface area contributed by atoms with E-state index in [1.165, 1.54) is 0 Å². The van der Waals surface area contributed by atoms with E-state index in [1.54, 1.807) is 18.6 Å². The molecule has 0 N–H and O–H groups in total. The molecule has 0 aromatic carbocycles. The van der Waals surface area contributed by atoms with E-state index < -0.39 is 0 Å². The van der Waals surface area contributed by atoms with E-state index in [2.05, 4.69) is 25.9 Å². The Morgan fingerprint density at radius 1 is 1.40 bits per heavy atom. The van der Waals surface area contributed by atoms with E-state index in [-0.39, 0.29) is 4.00 Å². The van der Waals surface area contributed by atoms with Crippen LogP contribution in [-0.4, -0.2) is 15.0 Å². The van der Waals surface area contributed by atoms with E-state index in [0.717, 1.165) is 17.0 Å². The summed E-state index contributed by atoms with van der Waals surface area (Å²) >= 11 is 9.80. The van der Waals surface area contributed by atoms with Crippen molar-refractivity contribution in [2.75, 3.05) is 0 Å². The molecule has 5 heteroatoms. The number of fused-ring (bicyclic) bond motifs is 1. The molecule has 1 aliphatic carbocycles. The number of hydrogen-bond acceptors (Lipinski definition) is 2. The molecule has 1 unspecified atom stereocenters. The molecule has 3 rings (SSSR count). The number of rotatable bonds is 1. The predicted octanol–water partition coefficient (Wildman–Crippen LogP) is 2.98. The molecule has 74 valence electrons. The van der Waals surface area contributed by atoms with E-state index in [0.29, 0.717) is 4.74 Å². The number of halogens is 2. The highest BCUT2D eigenvalue weighted by Gasteiger charge is 2.44. The molecule has 0 amide bonds. The lowest BCUT2D eigenvalue weighted by atomic mass is 10.0. The number of quaternary nitrogens is 1. The van der Waals surface area contributed by atoms with Crippen molar-refractivity contribution in [3.8, 4) is 0 Å². The Morgan fingerprint density at radius 2 is 2.20 bits per heavy atom. The molecule has 0 saturated heterocycles. The number of hydrogen-bond donors (Lipinski definition) is 0. The first-order chi connectivity index (χ1) is 7.22. The third-order valence-electron chi connectivity index (χ3n) is 2.45. The third-order valence-corrected chi connectivity index (χ3v) is 3.84. The summed E-state index contributed by atoms with van der Waals surface area (Å²) in [5.41, 5.74) is 2.85. The molecule has 1 atom stereocenters. The van der Waals surface area contributed by atoms with Crippen molar-refractivity contribution >= 4 is 38.7 Å². The molecule has 0 saturated carbocycles. The molecular formula is C10H6BrClN3+. The number of aliphatic imine (C=N–C) groups is 2. The van der Waals surface area contributed by atoms with Gasteiger partial charge in [0.15, 0.2) is 11.8 Å². The second-order valence-electron chi connectivity index (χ2n) is 3.31.